The number of aliphatic hydroxyl groups excluding tert-OH is 1. The lowest BCUT2D eigenvalue weighted by atomic mass is 9.97. The summed E-state index contributed by atoms with van der Waals surface area (Å²) in [6, 6.07) is 8.41. The molecule has 2 rings (SSSR count). The summed E-state index contributed by atoms with van der Waals surface area (Å²) in [5.74, 6) is 2.43. The molecule has 0 unspecified atom stereocenters. The zero-order valence-corrected chi connectivity index (χ0v) is 15.0. The van der Waals surface area contributed by atoms with Crippen molar-refractivity contribution in [3.8, 4) is 5.75 Å². The Bertz CT molecular complexity index is 476. The van der Waals surface area contributed by atoms with E-state index in [2.05, 4.69) is 55.9 Å². The summed E-state index contributed by atoms with van der Waals surface area (Å²) >= 11 is 0. The first-order valence-corrected chi connectivity index (χ1v) is 8.67. The van der Waals surface area contributed by atoms with Crippen LogP contribution < -0.4 is 4.74 Å². The summed E-state index contributed by atoms with van der Waals surface area (Å²) < 4.78 is 5.82. The highest BCUT2D eigenvalue weighted by molar-refractivity contribution is 5.28. The summed E-state index contributed by atoms with van der Waals surface area (Å²) in [5, 5.41) is 9.63. The van der Waals surface area contributed by atoms with Gasteiger partial charge in [-0.25, -0.2) is 0 Å². The SMILES string of the molecule is CC(C)COc1cccc(CN2C[C@@H](CN(C)C)[C@@H](CO)C2)c1. The van der Waals surface area contributed by atoms with Gasteiger partial charge in [0.2, 0.25) is 0 Å². The quantitative estimate of drug-likeness (QED) is 0.797. The van der Waals surface area contributed by atoms with E-state index in [-0.39, 0.29) is 6.61 Å². The molecule has 0 aliphatic carbocycles. The van der Waals surface area contributed by atoms with Gasteiger partial charge in [0.15, 0.2) is 0 Å². The standard InChI is InChI=1S/C19H32N2O2/c1-15(2)14-23-19-7-5-6-16(8-19)9-21-11-17(10-20(3)4)18(12-21)13-22/h5-8,15,17-18,22H,9-14H2,1-4H3/t17-,18-/m1/s1. The molecule has 1 saturated heterocycles. The number of hydrogen-bond acceptors (Lipinski definition) is 4. The third-order valence-corrected chi connectivity index (χ3v) is 4.37. The molecule has 0 bridgehead atoms. The zero-order valence-electron chi connectivity index (χ0n) is 15.0. The Labute approximate surface area is 141 Å². The van der Waals surface area contributed by atoms with Gasteiger partial charge in [-0.2, -0.15) is 0 Å². The van der Waals surface area contributed by atoms with Crippen LogP contribution in [0.4, 0.5) is 0 Å². The third kappa shape index (κ3) is 5.79. The molecule has 0 saturated carbocycles. The molecular weight excluding hydrogens is 288 g/mol. The number of hydrogen-bond donors (Lipinski definition) is 1. The van der Waals surface area contributed by atoms with Crippen molar-refractivity contribution in [2.24, 2.45) is 17.8 Å². The Hall–Kier alpha value is -1.10. The Balaban J connectivity index is 1.93. The van der Waals surface area contributed by atoms with Gasteiger partial charge in [0.1, 0.15) is 5.75 Å². The fourth-order valence-electron chi connectivity index (χ4n) is 3.30. The molecule has 0 spiro atoms. The first kappa shape index (κ1) is 18.2. The van der Waals surface area contributed by atoms with Crippen molar-refractivity contribution in [2.75, 3.05) is 46.9 Å². The molecule has 0 amide bonds. The first-order valence-electron chi connectivity index (χ1n) is 8.67. The van der Waals surface area contributed by atoms with Crippen molar-refractivity contribution in [1.82, 2.24) is 9.80 Å². The van der Waals surface area contributed by atoms with Crippen LogP contribution in [0.5, 0.6) is 5.75 Å². The third-order valence-electron chi connectivity index (χ3n) is 4.37. The number of ether oxygens (including phenoxy) is 1. The van der Waals surface area contributed by atoms with Gasteiger partial charge in [-0.1, -0.05) is 26.0 Å². The minimum absolute atomic E-state index is 0.284. The number of rotatable bonds is 8. The first-order chi connectivity index (χ1) is 11.0. The molecule has 4 nitrogen and oxygen atoms in total. The lowest BCUT2D eigenvalue weighted by Gasteiger charge is -2.20. The van der Waals surface area contributed by atoms with E-state index in [4.69, 9.17) is 4.74 Å². The van der Waals surface area contributed by atoms with Crippen LogP contribution in [-0.4, -0.2) is 61.8 Å². The number of nitrogens with zero attached hydrogens (tertiary/aromatic N) is 2. The van der Waals surface area contributed by atoms with Crippen molar-refractivity contribution < 1.29 is 9.84 Å². The van der Waals surface area contributed by atoms with Gasteiger partial charge in [-0.15, -0.1) is 0 Å². The Morgan fingerprint density at radius 1 is 1.26 bits per heavy atom. The molecule has 0 aromatic heterocycles. The van der Waals surface area contributed by atoms with Gasteiger partial charge >= 0.3 is 0 Å². The molecule has 130 valence electrons. The van der Waals surface area contributed by atoms with Crippen LogP contribution in [-0.2, 0) is 6.54 Å². The maximum absolute atomic E-state index is 9.63. The second-order valence-corrected chi connectivity index (χ2v) is 7.51. The molecule has 1 N–H and O–H groups in total. The van der Waals surface area contributed by atoms with E-state index in [1.54, 1.807) is 0 Å². The van der Waals surface area contributed by atoms with Crippen LogP contribution in [0.2, 0.25) is 0 Å². The molecular formula is C19H32N2O2. The molecule has 0 radical (unpaired) electrons. The van der Waals surface area contributed by atoms with Gasteiger partial charge in [-0.3, -0.25) is 4.90 Å². The zero-order chi connectivity index (χ0) is 16.8. The molecule has 1 heterocycles. The van der Waals surface area contributed by atoms with Crippen LogP contribution in [0, 0.1) is 17.8 Å². The molecule has 2 atom stereocenters. The average Bonchev–Trinajstić information content (AvgIpc) is 2.86. The highest BCUT2D eigenvalue weighted by Gasteiger charge is 2.32. The molecule has 1 aromatic carbocycles. The fraction of sp³-hybridized carbons (Fsp3) is 0.684. The minimum atomic E-state index is 0.284. The van der Waals surface area contributed by atoms with E-state index in [1.807, 2.05) is 6.07 Å². The smallest absolute Gasteiger partial charge is 0.119 e. The van der Waals surface area contributed by atoms with Crippen molar-refractivity contribution in [1.29, 1.82) is 0 Å². The van der Waals surface area contributed by atoms with E-state index < -0.39 is 0 Å². The molecule has 1 aliphatic heterocycles. The molecule has 1 fully saturated rings. The van der Waals surface area contributed by atoms with Crippen LogP contribution in [0.25, 0.3) is 0 Å². The lowest BCUT2D eigenvalue weighted by molar-refractivity contribution is 0.183. The molecule has 23 heavy (non-hydrogen) atoms. The topological polar surface area (TPSA) is 35.9 Å². The summed E-state index contributed by atoms with van der Waals surface area (Å²) in [6.45, 7) is 9.37. The van der Waals surface area contributed by atoms with E-state index in [0.717, 1.165) is 38.5 Å². The van der Waals surface area contributed by atoms with Gasteiger partial charge in [-0.05, 0) is 49.5 Å². The largest absolute Gasteiger partial charge is 0.493 e. The summed E-state index contributed by atoms with van der Waals surface area (Å²) in [4.78, 5) is 4.67. The Kier molecular flexibility index (Phi) is 6.88. The van der Waals surface area contributed by atoms with Crippen LogP contribution in [0.3, 0.4) is 0 Å². The normalized spacial score (nSPS) is 22.2. The maximum atomic E-state index is 9.63. The predicted molar refractivity (Wildman–Crippen MR) is 94.7 cm³/mol. The second kappa shape index (κ2) is 8.67. The van der Waals surface area contributed by atoms with Crippen molar-refractivity contribution >= 4 is 0 Å². The maximum Gasteiger partial charge on any atom is 0.119 e. The van der Waals surface area contributed by atoms with Crippen molar-refractivity contribution in [3.05, 3.63) is 29.8 Å². The van der Waals surface area contributed by atoms with E-state index in [0.29, 0.717) is 17.8 Å². The van der Waals surface area contributed by atoms with Crippen LogP contribution >= 0.6 is 0 Å². The number of likely N-dealkylation sites (tertiary alicyclic amines) is 1. The Morgan fingerprint density at radius 2 is 2.00 bits per heavy atom. The Morgan fingerprint density at radius 3 is 2.65 bits per heavy atom. The minimum Gasteiger partial charge on any atom is -0.493 e. The molecule has 1 aromatic rings. The molecule has 4 heteroatoms. The fourth-order valence-corrected chi connectivity index (χ4v) is 3.30. The number of aliphatic hydroxyl groups is 1. The predicted octanol–water partition coefficient (Wildman–Crippen LogP) is 2.32. The van der Waals surface area contributed by atoms with E-state index in [1.165, 1.54) is 5.56 Å². The van der Waals surface area contributed by atoms with Gasteiger partial charge in [0.05, 0.1) is 6.61 Å². The highest BCUT2D eigenvalue weighted by atomic mass is 16.5. The van der Waals surface area contributed by atoms with Crippen molar-refractivity contribution in [3.63, 3.8) is 0 Å². The lowest BCUT2D eigenvalue weighted by Crippen LogP contribution is -2.28. The van der Waals surface area contributed by atoms with Gasteiger partial charge < -0.3 is 14.7 Å². The summed E-state index contributed by atoms with van der Waals surface area (Å²) in [7, 11) is 4.21. The monoisotopic (exact) mass is 320 g/mol. The summed E-state index contributed by atoms with van der Waals surface area (Å²) in [5.41, 5.74) is 1.29. The average molecular weight is 320 g/mol. The van der Waals surface area contributed by atoms with E-state index >= 15 is 0 Å². The highest BCUT2D eigenvalue weighted by Crippen LogP contribution is 2.26. The van der Waals surface area contributed by atoms with Crippen LogP contribution in [0.1, 0.15) is 19.4 Å². The van der Waals surface area contributed by atoms with Gasteiger partial charge in [0, 0.05) is 32.8 Å². The number of benzene rings is 1. The van der Waals surface area contributed by atoms with E-state index in [9.17, 15) is 5.11 Å². The van der Waals surface area contributed by atoms with Gasteiger partial charge in [0.25, 0.3) is 0 Å². The van der Waals surface area contributed by atoms with Crippen LogP contribution in [0.15, 0.2) is 24.3 Å². The molecule has 1 aliphatic rings. The summed E-state index contributed by atoms with van der Waals surface area (Å²) in [6.07, 6.45) is 0. The van der Waals surface area contributed by atoms with Crippen molar-refractivity contribution in [2.45, 2.75) is 20.4 Å². The second-order valence-electron chi connectivity index (χ2n) is 7.51.